The first-order valence-electron chi connectivity index (χ1n) is 9.92. The van der Waals surface area contributed by atoms with E-state index in [1.54, 1.807) is 40.6 Å². The van der Waals surface area contributed by atoms with E-state index in [1.807, 2.05) is 5.32 Å². The molecule has 0 saturated heterocycles. The van der Waals surface area contributed by atoms with E-state index in [4.69, 9.17) is 0 Å². The van der Waals surface area contributed by atoms with E-state index in [9.17, 15) is 36.7 Å². The third-order valence-corrected chi connectivity index (χ3v) is 5.45. The van der Waals surface area contributed by atoms with Crippen LogP contribution in [0.2, 0.25) is 0 Å². The van der Waals surface area contributed by atoms with Crippen molar-refractivity contribution in [3.63, 3.8) is 0 Å². The Morgan fingerprint density at radius 2 is 1.65 bits per heavy atom. The van der Waals surface area contributed by atoms with E-state index in [2.05, 4.69) is 0 Å². The Morgan fingerprint density at radius 1 is 1.00 bits per heavy atom. The molecule has 8 nitrogen and oxygen atoms in total. The number of alkyl halides is 3. The number of fused-ring (bicyclic) bond motifs is 1. The Hall–Kier alpha value is -4.22. The molecule has 0 bridgehead atoms. The number of aromatic nitrogens is 2. The van der Waals surface area contributed by atoms with Crippen LogP contribution in [-0.4, -0.2) is 27.5 Å². The lowest BCUT2D eigenvalue weighted by Gasteiger charge is -2.30. The molecule has 12 heteroatoms. The predicted molar refractivity (Wildman–Crippen MR) is 112 cm³/mol. The van der Waals surface area contributed by atoms with Crippen molar-refractivity contribution in [2.45, 2.75) is 24.7 Å². The van der Waals surface area contributed by atoms with Gasteiger partial charge in [-0.25, -0.2) is 9.18 Å². The average molecular weight is 476 g/mol. The number of H-pyrrole nitrogens is 1. The number of halogens is 4. The first-order valence-corrected chi connectivity index (χ1v) is 9.92. The minimum absolute atomic E-state index is 0.165. The zero-order valence-corrected chi connectivity index (χ0v) is 17.2. The minimum Gasteiger partial charge on any atom is -0.326 e. The number of hydrogen-bond donors (Lipinski definition) is 3. The van der Waals surface area contributed by atoms with Crippen LogP contribution in [0.15, 0.2) is 64.2 Å². The molecule has 1 aliphatic heterocycles. The summed E-state index contributed by atoms with van der Waals surface area (Å²) in [5.41, 5.74) is -7.06. The number of aryl methyl sites for hydroxylation is 1. The monoisotopic (exact) mass is 476 g/mol. The fraction of sp³-hybridized carbons (Fsp3) is 0.182. The molecule has 3 aromatic rings. The number of benzene rings is 2. The van der Waals surface area contributed by atoms with Crippen LogP contribution < -0.4 is 21.9 Å². The van der Waals surface area contributed by atoms with Gasteiger partial charge in [-0.05, 0) is 36.2 Å². The number of nitrogens with zero attached hydrogens (tertiary/aromatic N) is 1. The highest BCUT2D eigenvalue weighted by Gasteiger charge is 2.68. The molecule has 1 aliphatic rings. The van der Waals surface area contributed by atoms with Gasteiger partial charge >= 0.3 is 11.9 Å². The summed E-state index contributed by atoms with van der Waals surface area (Å²) in [6.07, 6.45) is -5.26. The number of aromatic amines is 1. The third-order valence-electron chi connectivity index (χ3n) is 5.45. The third kappa shape index (κ3) is 3.76. The molecule has 2 aromatic carbocycles. The standard InChI is InChI=1S/C22H16F4N4O4/c23-14-8-6-13(7-9-14)17(31)29-21(22(24,25)26)15-16(27-19(21)33)30(20(34)28-18(15)32)11-10-12-4-2-1-3-5-12/h1-9H,10-11H2,(H,27,33)(H,29,31)(H,28,32,34)/t21-/m1/s1. The normalized spacial score (nSPS) is 17.2. The molecule has 1 aromatic heterocycles. The summed E-state index contributed by atoms with van der Waals surface area (Å²) in [5, 5.41) is 3.56. The van der Waals surface area contributed by atoms with E-state index in [-0.39, 0.29) is 18.5 Å². The molecule has 1 atom stereocenters. The molecule has 0 fully saturated rings. The maximum atomic E-state index is 14.4. The van der Waals surface area contributed by atoms with Gasteiger partial charge in [0.25, 0.3) is 22.9 Å². The largest absolute Gasteiger partial charge is 0.425 e. The Morgan fingerprint density at radius 3 is 2.26 bits per heavy atom. The number of amides is 2. The molecule has 0 spiro atoms. The van der Waals surface area contributed by atoms with E-state index in [0.29, 0.717) is 0 Å². The second kappa shape index (κ2) is 8.28. The van der Waals surface area contributed by atoms with Gasteiger partial charge in [-0.1, -0.05) is 30.3 Å². The van der Waals surface area contributed by atoms with Crippen molar-refractivity contribution in [2.24, 2.45) is 0 Å². The van der Waals surface area contributed by atoms with Crippen LogP contribution >= 0.6 is 0 Å². The van der Waals surface area contributed by atoms with Crippen LogP contribution in [-0.2, 0) is 23.3 Å². The molecule has 176 valence electrons. The number of rotatable bonds is 5. The lowest BCUT2D eigenvalue weighted by molar-refractivity contribution is -0.196. The molecular weight excluding hydrogens is 460 g/mol. The SMILES string of the molecule is O=C(N[C@@]1(C(F)(F)F)C(=O)Nc2c1c(=O)[nH]c(=O)n2CCc1ccccc1)c1ccc(F)cc1. The Labute approximate surface area is 188 Å². The quantitative estimate of drug-likeness (QED) is 0.490. The second-order valence-corrected chi connectivity index (χ2v) is 7.53. The number of carbonyl (C=O) groups excluding carboxylic acids is 2. The van der Waals surface area contributed by atoms with Crippen LogP contribution in [0.3, 0.4) is 0 Å². The van der Waals surface area contributed by atoms with Crippen molar-refractivity contribution in [3.05, 3.63) is 97.9 Å². The zero-order valence-electron chi connectivity index (χ0n) is 17.2. The summed E-state index contributed by atoms with van der Waals surface area (Å²) >= 11 is 0. The summed E-state index contributed by atoms with van der Waals surface area (Å²) in [6.45, 7) is -0.165. The van der Waals surface area contributed by atoms with Crippen molar-refractivity contribution in [1.29, 1.82) is 0 Å². The van der Waals surface area contributed by atoms with Gasteiger partial charge in [-0.3, -0.25) is 23.9 Å². The Kier molecular flexibility index (Phi) is 5.59. The fourth-order valence-electron chi connectivity index (χ4n) is 3.77. The van der Waals surface area contributed by atoms with E-state index < -0.39 is 52.0 Å². The number of carbonyl (C=O) groups is 2. The summed E-state index contributed by atoms with van der Waals surface area (Å²) < 4.78 is 57.1. The Bertz CT molecular complexity index is 1380. The summed E-state index contributed by atoms with van der Waals surface area (Å²) in [7, 11) is 0. The molecule has 34 heavy (non-hydrogen) atoms. The molecule has 4 rings (SSSR count). The first-order chi connectivity index (χ1) is 16.0. The fourth-order valence-corrected chi connectivity index (χ4v) is 3.77. The highest BCUT2D eigenvalue weighted by atomic mass is 19.4. The molecule has 0 unspecified atom stereocenters. The molecule has 2 heterocycles. The highest BCUT2D eigenvalue weighted by molar-refractivity contribution is 6.09. The summed E-state index contributed by atoms with van der Waals surface area (Å²) in [5.74, 6) is -4.52. The number of anilines is 1. The van der Waals surface area contributed by atoms with Crippen molar-refractivity contribution in [3.8, 4) is 0 Å². The highest BCUT2D eigenvalue weighted by Crippen LogP contribution is 2.45. The van der Waals surface area contributed by atoms with Gasteiger partial charge in [0.15, 0.2) is 0 Å². The van der Waals surface area contributed by atoms with E-state index in [1.165, 1.54) is 0 Å². The van der Waals surface area contributed by atoms with Gasteiger partial charge in [0.2, 0.25) is 0 Å². The zero-order chi connectivity index (χ0) is 24.7. The van der Waals surface area contributed by atoms with Crippen LogP contribution in [0.25, 0.3) is 0 Å². The van der Waals surface area contributed by atoms with Crippen LogP contribution in [0.4, 0.5) is 23.4 Å². The van der Waals surface area contributed by atoms with Crippen molar-refractivity contribution in [1.82, 2.24) is 14.9 Å². The van der Waals surface area contributed by atoms with Crippen LogP contribution in [0.1, 0.15) is 21.5 Å². The maximum absolute atomic E-state index is 14.4. The molecule has 0 radical (unpaired) electrons. The van der Waals surface area contributed by atoms with E-state index in [0.717, 1.165) is 34.4 Å². The van der Waals surface area contributed by atoms with Crippen molar-refractivity contribution < 1.29 is 27.2 Å². The average Bonchev–Trinajstić information content (AvgIpc) is 3.08. The van der Waals surface area contributed by atoms with Gasteiger partial charge in [0.05, 0.1) is 0 Å². The number of hydrogen-bond acceptors (Lipinski definition) is 4. The van der Waals surface area contributed by atoms with Crippen molar-refractivity contribution in [2.75, 3.05) is 5.32 Å². The van der Waals surface area contributed by atoms with Gasteiger partial charge in [-0.2, -0.15) is 13.2 Å². The van der Waals surface area contributed by atoms with Crippen molar-refractivity contribution >= 4 is 17.6 Å². The topological polar surface area (TPSA) is 113 Å². The molecule has 0 aliphatic carbocycles. The smallest absolute Gasteiger partial charge is 0.326 e. The molecule has 2 amide bonds. The lowest BCUT2D eigenvalue weighted by Crippen LogP contribution is -2.62. The van der Waals surface area contributed by atoms with Gasteiger partial charge in [-0.15, -0.1) is 0 Å². The second-order valence-electron chi connectivity index (χ2n) is 7.53. The molecule has 3 N–H and O–H groups in total. The Balaban J connectivity index is 1.82. The maximum Gasteiger partial charge on any atom is 0.425 e. The summed E-state index contributed by atoms with van der Waals surface area (Å²) in [4.78, 5) is 52.1. The summed E-state index contributed by atoms with van der Waals surface area (Å²) in [6, 6.07) is 12.2. The van der Waals surface area contributed by atoms with Gasteiger partial charge in [0.1, 0.15) is 17.2 Å². The van der Waals surface area contributed by atoms with E-state index >= 15 is 0 Å². The van der Waals surface area contributed by atoms with Crippen LogP contribution in [0, 0.1) is 5.82 Å². The molecular formula is C22H16F4N4O4. The first kappa shape index (κ1) is 23.0. The lowest BCUT2D eigenvalue weighted by atomic mass is 9.91. The molecule has 0 saturated carbocycles. The predicted octanol–water partition coefficient (Wildman–Crippen LogP) is 2.06. The number of nitrogens with one attached hydrogen (secondary N) is 3. The van der Waals surface area contributed by atoms with Crippen LogP contribution in [0.5, 0.6) is 0 Å². The minimum atomic E-state index is -5.47. The van der Waals surface area contributed by atoms with Gasteiger partial charge in [0, 0.05) is 12.1 Å². The van der Waals surface area contributed by atoms with Gasteiger partial charge < -0.3 is 10.6 Å².